The summed E-state index contributed by atoms with van der Waals surface area (Å²) in [5.41, 5.74) is 2.49. The average Bonchev–Trinajstić information content (AvgIpc) is 2.92. The van der Waals surface area contributed by atoms with Crippen LogP contribution in [-0.2, 0) is 26.2 Å². The summed E-state index contributed by atoms with van der Waals surface area (Å²) in [6.45, 7) is 8.55. The van der Waals surface area contributed by atoms with Crippen molar-refractivity contribution in [3.8, 4) is 0 Å². The summed E-state index contributed by atoms with van der Waals surface area (Å²) in [7, 11) is -4.14. The molecular weight excluding hydrogens is 569 g/mol. The Bertz CT molecular complexity index is 1470. The Morgan fingerprint density at radius 2 is 1.62 bits per heavy atom. The summed E-state index contributed by atoms with van der Waals surface area (Å²) in [4.78, 5) is 28.6. The number of benzene rings is 3. The maximum absolute atomic E-state index is 14.1. The number of halogens is 2. The minimum Gasteiger partial charge on any atom is -0.352 e. The van der Waals surface area contributed by atoms with E-state index in [9.17, 15) is 18.0 Å². The van der Waals surface area contributed by atoms with E-state index in [1.807, 2.05) is 32.9 Å². The maximum Gasteiger partial charge on any atom is 0.264 e. The van der Waals surface area contributed by atoms with E-state index in [1.165, 1.54) is 17.0 Å². The molecule has 2 amide bonds. The van der Waals surface area contributed by atoms with Crippen LogP contribution in [0.5, 0.6) is 0 Å². The van der Waals surface area contributed by atoms with Crippen LogP contribution in [0.1, 0.15) is 43.9 Å². The van der Waals surface area contributed by atoms with Crippen LogP contribution in [0.2, 0.25) is 10.0 Å². The van der Waals surface area contributed by atoms with Crippen molar-refractivity contribution in [1.29, 1.82) is 0 Å². The molecule has 40 heavy (non-hydrogen) atoms. The molecule has 214 valence electrons. The van der Waals surface area contributed by atoms with Crippen molar-refractivity contribution in [2.75, 3.05) is 10.8 Å². The van der Waals surface area contributed by atoms with Gasteiger partial charge in [0.05, 0.1) is 10.6 Å². The first kappa shape index (κ1) is 31.5. The van der Waals surface area contributed by atoms with Crippen LogP contribution in [0.15, 0.2) is 71.6 Å². The minimum atomic E-state index is -4.14. The Hall–Kier alpha value is -3.07. The molecule has 10 heteroatoms. The molecule has 0 spiro atoms. The number of nitrogens with one attached hydrogen (secondary N) is 1. The van der Waals surface area contributed by atoms with Gasteiger partial charge < -0.3 is 10.2 Å². The van der Waals surface area contributed by atoms with Crippen molar-refractivity contribution >= 4 is 50.7 Å². The Balaban J connectivity index is 2.08. The summed E-state index contributed by atoms with van der Waals surface area (Å²) < 4.78 is 29.0. The molecule has 0 saturated heterocycles. The highest BCUT2D eigenvalue weighted by Crippen LogP contribution is 2.29. The topological polar surface area (TPSA) is 86.8 Å². The quantitative estimate of drug-likeness (QED) is 0.285. The molecule has 0 bridgehead atoms. The van der Waals surface area contributed by atoms with Gasteiger partial charge in [0.15, 0.2) is 0 Å². The minimum absolute atomic E-state index is 0.0179. The lowest BCUT2D eigenvalue weighted by molar-refractivity contribution is -0.139. The van der Waals surface area contributed by atoms with Crippen LogP contribution in [-0.4, -0.2) is 43.8 Å². The molecule has 7 nitrogen and oxygen atoms in total. The number of carbonyl (C=O) groups excluding carboxylic acids is 2. The second-order valence-corrected chi connectivity index (χ2v) is 12.6. The third-order valence-electron chi connectivity index (χ3n) is 6.77. The number of anilines is 1. The molecular formula is C30H35Cl2N3O4S. The third kappa shape index (κ3) is 7.56. The number of hydrogen-bond acceptors (Lipinski definition) is 4. The van der Waals surface area contributed by atoms with Gasteiger partial charge in [-0.25, -0.2) is 8.42 Å². The van der Waals surface area contributed by atoms with Gasteiger partial charge in [0.25, 0.3) is 10.0 Å². The van der Waals surface area contributed by atoms with E-state index in [-0.39, 0.29) is 23.4 Å². The number of carbonyl (C=O) groups is 2. The van der Waals surface area contributed by atoms with Crippen LogP contribution >= 0.6 is 23.2 Å². The van der Waals surface area contributed by atoms with Crippen LogP contribution < -0.4 is 9.62 Å². The zero-order valence-corrected chi connectivity index (χ0v) is 25.6. The number of rotatable bonds is 11. The third-order valence-corrected chi connectivity index (χ3v) is 9.13. The summed E-state index contributed by atoms with van der Waals surface area (Å²) in [6, 6.07) is 17.3. The zero-order valence-electron chi connectivity index (χ0n) is 23.3. The summed E-state index contributed by atoms with van der Waals surface area (Å²) >= 11 is 12.5. The van der Waals surface area contributed by atoms with E-state index >= 15 is 0 Å². The summed E-state index contributed by atoms with van der Waals surface area (Å²) in [5, 5.41) is 3.68. The summed E-state index contributed by atoms with van der Waals surface area (Å²) in [5.74, 6) is -0.907. The van der Waals surface area contributed by atoms with Gasteiger partial charge in [-0.2, -0.15) is 0 Å². The Kier molecular flexibility index (Phi) is 10.6. The molecule has 0 aliphatic rings. The number of nitrogens with zero attached hydrogens (tertiary/aromatic N) is 2. The van der Waals surface area contributed by atoms with E-state index < -0.39 is 28.5 Å². The van der Waals surface area contributed by atoms with Crippen molar-refractivity contribution in [2.24, 2.45) is 0 Å². The van der Waals surface area contributed by atoms with Crippen molar-refractivity contribution in [2.45, 2.75) is 64.6 Å². The molecule has 0 aliphatic heterocycles. The molecule has 0 unspecified atom stereocenters. The lowest BCUT2D eigenvalue weighted by atomic mass is 10.1. The molecule has 1 N–H and O–H groups in total. The van der Waals surface area contributed by atoms with Gasteiger partial charge in [-0.05, 0) is 81.1 Å². The number of sulfonamides is 1. The van der Waals surface area contributed by atoms with Crippen molar-refractivity contribution in [3.63, 3.8) is 0 Å². The highest BCUT2D eigenvalue weighted by molar-refractivity contribution is 7.92. The molecule has 0 aromatic heterocycles. The van der Waals surface area contributed by atoms with Gasteiger partial charge in [0, 0.05) is 22.6 Å². The van der Waals surface area contributed by atoms with Gasteiger partial charge in [-0.3, -0.25) is 13.9 Å². The smallest absolute Gasteiger partial charge is 0.264 e. The number of aryl methyl sites for hydroxylation is 2. The fourth-order valence-electron chi connectivity index (χ4n) is 4.10. The van der Waals surface area contributed by atoms with Crippen LogP contribution in [0, 0.1) is 13.8 Å². The van der Waals surface area contributed by atoms with Gasteiger partial charge in [-0.15, -0.1) is 0 Å². The zero-order chi connectivity index (χ0) is 29.6. The van der Waals surface area contributed by atoms with Crippen LogP contribution in [0.25, 0.3) is 0 Å². The second-order valence-electron chi connectivity index (χ2n) is 9.87. The average molecular weight is 605 g/mol. The highest BCUT2D eigenvalue weighted by Gasteiger charge is 2.33. The van der Waals surface area contributed by atoms with Crippen LogP contribution in [0.4, 0.5) is 5.69 Å². The van der Waals surface area contributed by atoms with Gasteiger partial charge >= 0.3 is 0 Å². The monoisotopic (exact) mass is 603 g/mol. The molecule has 0 saturated carbocycles. The van der Waals surface area contributed by atoms with Crippen LogP contribution in [0.3, 0.4) is 0 Å². The predicted octanol–water partition coefficient (Wildman–Crippen LogP) is 6.14. The van der Waals surface area contributed by atoms with E-state index in [0.29, 0.717) is 33.3 Å². The Morgan fingerprint density at radius 1 is 0.950 bits per heavy atom. The molecule has 0 fully saturated rings. The van der Waals surface area contributed by atoms with E-state index in [2.05, 4.69) is 5.32 Å². The van der Waals surface area contributed by atoms with E-state index in [1.54, 1.807) is 56.3 Å². The second kappa shape index (κ2) is 13.5. The van der Waals surface area contributed by atoms with E-state index in [0.717, 1.165) is 9.87 Å². The standard InChI is InChI=1S/C30H35Cl2N3O4S/c1-6-22(4)33-30(37)23(5)34(18-24-14-15-25(31)17-27(24)32)29(36)19-35(28-16-20(2)12-13-21(28)3)40(38,39)26-10-8-7-9-11-26/h7-17,22-23H,6,18-19H2,1-5H3,(H,33,37)/t22-,23+/m0/s1. The molecule has 3 rings (SSSR count). The highest BCUT2D eigenvalue weighted by atomic mass is 35.5. The lowest BCUT2D eigenvalue weighted by Gasteiger charge is -2.33. The fraction of sp³-hybridized carbons (Fsp3) is 0.333. The normalized spacial score (nSPS) is 12.9. The van der Waals surface area contributed by atoms with E-state index in [4.69, 9.17) is 23.2 Å². The maximum atomic E-state index is 14.1. The van der Waals surface area contributed by atoms with Crippen molar-refractivity contribution in [1.82, 2.24) is 10.2 Å². The van der Waals surface area contributed by atoms with Gasteiger partial charge in [-0.1, -0.05) is 66.5 Å². The number of hydrogen-bond donors (Lipinski definition) is 1. The van der Waals surface area contributed by atoms with Crippen molar-refractivity contribution in [3.05, 3.63) is 93.5 Å². The van der Waals surface area contributed by atoms with Gasteiger partial charge in [0.1, 0.15) is 12.6 Å². The fourth-order valence-corrected chi connectivity index (χ4v) is 6.06. The van der Waals surface area contributed by atoms with Gasteiger partial charge in [0.2, 0.25) is 11.8 Å². The Morgan fingerprint density at radius 3 is 2.25 bits per heavy atom. The predicted molar refractivity (Wildman–Crippen MR) is 161 cm³/mol. The molecule has 0 aliphatic carbocycles. The van der Waals surface area contributed by atoms with Crippen molar-refractivity contribution < 1.29 is 18.0 Å². The molecule has 2 atom stereocenters. The first-order chi connectivity index (χ1) is 18.8. The SMILES string of the molecule is CC[C@H](C)NC(=O)[C@@H](C)N(Cc1ccc(Cl)cc1Cl)C(=O)CN(c1cc(C)ccc1C)S(=O)(=O)c1ccccc1. The number of amides is 2. The molecule has 3 aromatic carbocycles. The molecule has 3 aromatic rings. The first-order valence-corrected chi connectivity index (χ1v) is 15.2. The summed E-state index contributed by atoms with van der Waals surface area (Å²) in [6.07, 6.45) is 0.713. The molecule has 0 radical (unpaired) electrons. The first-order valence-electron chi connectivity index (χ1n) is 13.0. The molecule has 0 heterocycles. The Labute approximate surface area is 247 Å². The lowest BCUT2D eigenvalue weighted by Crippen LogP contribution is -2.52. The largest absolute Gasteiger partial charge is 0.352 e.